The Balaban J connectivity index is 5.48. The third-order valence-electron chi connectivity index (χ3n) is 2.95. The molecule has 24 heavy (non-hydrogen) atoms. The lowest BCUT2D eigenvalue weighted by Gasteiger charge is -2.21. The largest absolute Gasteiger partial charge is 0.803 e. The number of hydrogen-bond donors (Lipinski definition) is 0. The Bertz CT molecular complexity index is 469. The first-order chi connectivity index (χ1) is 10.3. The molecule has 0 bridgehead atoms. The fraction of sp³-hybridized carbons (Fsp3) is 0.750. The standard InChI is InChI=1S/C16H38O3PSi4/c1-21(2,3)13-15(23(7,8)9)18-20(17)19-16(24(10,11)12)14-22(4,5)6/h13-14H,1-12H3/q+1. The van der Waals surface area contributed by atoms with Crippen LogP contribution in [0.3, 0.4) is 0 Å². The van der Waals surface area contributed by atoms with Crippen molar-refractivity contribution in [1.29, 1.82) is 0 Å². The second-order valence-electron chi connectivity index (χ2n) is 10.7. The van der Waals surface area contributed by atoms with Crippen LogP contribution in [-0.2, 0) is 13.6 Å². The Hall–Kier alpha value is 0.0475. The molecule has 0 aromatic heterocycles. The van der Waals surface area contributed by atoms with E-state index in [2.05, 4.69) is 90.0 Å². The van der Waals surface area contributed by atoms with Gasteiger partial charge >= 0.3 is 8.25 Å². The molecule has 8 heteroatoms. The summed E-state index contributed by atoms with van der Waals surface area (Å²) in [4.78, 5) is 0. The minimum atomic E-state index is -2.17. The zero-order valence-corrected chi connectivity index (χ0v) is 22.7. The monoisotopic (exact) mass is 421 g/mol. The van der Waals surface area contributed by atoms with Crippen molar-refractivity contribution in [2.24, 2.45) is 0 Å². The van der Waals surface area contributed by atoms with Gasteiger partial charge in [-0.15, -0.1) is 0 Å². The van der Waals surface area contributed by atoms with E-state index in [0.717, 1.165) is 10.8 Å². The third-order valence-corrected chi connectivity index (χ3v) is 10.3. The zero-order chi connectivity index (χ0) is 19.6. The molecule has 0 atom stereocenters. The molecule has 0 aromatic rings. The Kier molecular flexibility index (Phi) is 8.18. The molecule has 140 valence electrons. The molecule has 0 unspecified atom stereocenters. The van der Waals surface area contributed by atoms with Gasteiger partial charge in [-0.3, -0.25) is 0 Å². The quantitative estimate of drug-likeness (QED) is 0.241. The van der Waals surface area contributed by atoms with Crippen molar-refractivity contribution in [3.8, 4) is 0 Å². The minimum Gasteiger partial charge on any atom is -0.233 e. The molecular weight excluding hydrogens is 383 g/mol. The Morgan fingerprint density at radius 2 is 0.875 bits per heavy atom. The van der Waals surface area contributed by atoms with Gasteiger partial charge in [-0.25, -0.2) is 9.05 Å². The highest BCUT2D eigenvalue weighted by Crippen LogP contribution is 2.37. The van der Waals surface area contributed by atoms with E-state index in [1.165, 1.54) is 0 Å². The van der Waals surface area contributed by atoms with E-state index in [4.69, 9.17) is 9.05 Å². The van der Waals surface area contributed by atoms with Crippen molar-refractivity contribution in [1.82, 2.24) is 0 Å². The summed E-state index contributed by atoms with van der Waals surface area (Å²) in [5.74, 6) is 0. The first-order valence-electron chi connectivity index (χ1n) is 8.61. The van der Waals surface area contributed by atoms with Crippen LogP contribution in [0.25, 0.3) is 0 Å². The molecule has 0 aliphatic carbocycles. The molecule has 0 rings (SSSR count). The van der Waals surface area contributed by atoms with Crippen LogP contribution in [0, 0.1) is 0 Å². The van der Waals surface area contributed by atoms with Gasteiger partial charge in [0.15, 0.2) is 0 Å². The van der Waals surface area contributed by atoms with Gasteiger partial charge in [-0.2, -0.15) is 0 Å². The molecule has 0 spiro atoms. The molecule has 0 saturated carbocycles. The van der Waals surface area contributed by atoms with Crippen LogP contribution < -0.4 is 0 Å². The summed E-state index contributed by atoms with van der Waals surface area (Å²) in [6.07, 6.45) is 0. The molecule has 0 aliphatic heterocycles. The summed E-state index contributed by atoms with van der Waals surface area (Å²) in [6.45, 7) is 26.9. The fourth-order valence-corrected chi connectivity index (χ4v) is 12.8. The van der Waals surface area contributed by atoms with Gasteiger partial charge in [0.1, 0.15) is 26.9 Å². The maximum absolute atomic E-state index is 12.6. The molecule has 0 N–H and O–H groups in total. The van der Waals surface area contributed by atoms with Crippen LogP contribution in [0.4, 0.5) is 0 Å². The molecule has 0 radical (unpaired) electrons. The lowest BCUT2D eigenvalue weighted by atomic mass is 11.1. The van der Waals surface area contributed by atoms with Crippen LogP contribution in [0.2, 0.25) is 78.6 Å². The summed E-state index contributed by atoms with van der Waals surface area (Å²) in [5.41, 5.74) is 4.48. The second kappa shape index (κ2) is 8.16. The van der Waals surface area contributed by atoms with E-state index in [1.54, 1.807) is 0 Å². The average molecular weight is 422 g/mol. The molecule has 0 saturated heterocycles. The Morgan fingerprint density at radius 1 is 0.625 bits per heavy atom. The van der Waals surface area contributed by atoms with Crippen LogP contribution in [0.5, 0.6) is 0 Å². The topological polar surface area (TPSA) is 35.5 Å². The summed E-state index contributed by atoms with van der Waals surface area (Å²) in [6, 6.07) is 0. The highest BCUT2D eigenvalue weighted by Gasteiger charge is 2.38. The zero-order valence-electron chi connectivity index (χ0n) is 17.8. The highest BCUT2D eigenvalue weighted by atomic mass is 31.1. The highest BCUT2D eigenvalue weighted by molar-refractivity contribution is 7.34. The van der Waals surface area contributed by atoms with Gasteiger partial charge in [-0.05, 0) is 0 Å². The molecular formula is C16H38O3PSi4+. The predicted molar refractivity (Wildman–Crippen MR) is 119 cm³/mol. The smallest absolute Gasteiger partial charge is 0.233 e. The van der Waals surface area contributed by atoms with Crippen LogP contribution in [-0.4, -0.2) is 32.3 Å². The van der Waals surface area contributed by atoms with E-state index in [1.807, 2.05) is 0 Å². The SMILES string of the molecule is C[Si](C)(C)C=C(O[P+](=O)OC(=C[Si](C)(C)C)[Si](C)(C)C)[Si](C)(C)C. The summed E-state index contributed by atoms with van der Waals surface area (Å²) in [7, 11) is -8.45. The molecule has 0 aliphatic rings. The lowest BCUT2D eigenvalue weighted by molar-refractivity contribution is 0.337. The first kappa shape index (κ1) is 24.0. The van der Waals surface area contributed by atoms with E-state index >= 15 is 0 Å². The van der Waals surface area contributed by atoms with E-state index in [0.29, 0.717) is 0 Å². The van der Waals surface area contributed by atoms with Gasteiger partial charge in [0, 0.05) is 4.57 Å². The number of rotatable bonds is 8. The number of hydrogen-bond acceptors (Lipinski definition) is 3. The van der Waals surface area contributed by atoms with Crippen LogP contribution >= 0.6 is 8.25 Å². The van der Waals surface area contributed by atoms with Crippen molar-refractivity contribution in [3.63, 3.8) is 0 Å². The molecule has 0 heterocycles. The Morgan fingerprint density at radius 3 is 1.04 bits per heavy atom. The van der Waals surface area contributed by atoms with E-state index < -0.39 is 40.6 Å². The predicted octanol–water partition coefficient (Wildman–Crippen LogP) is 6.95. The van der Waals surface area contributed by atoms with Crippen molar-refractivity contribution < 1.29 is 13.6 Å². The van der Waals surface area contributed by atoms with Gasteiger partial charge in [0.2, 0.25) is 0 Å². The minimum absolute atomic E-state index is 0.922. The van der Waals surface area contributed by atoms with Crippen molar-refractivity contribution in [3.05, 3.63) is 22.2 Å². The van der Waals surface area contributed by atoms with Gasteiger partial charge in [-0.1, -0.05) is 90.0 Å². The van der Waals surface area contributed by atoms with Crippen molar-refractivity contribution in [2.75, 3.05) is 0 Å². The van der Waals surface area contributed by atoms with Gasteiger partial charge < -0.3 is 0 Å². The van der Waals surface area contributed by atoms with Crippen LogP contribution in [0.1, 0.15) is 0 Å². The third kappa shape index (κ3) is 10.8. The maximum atomic E-state index is 12.6. The maximum Gasteiger partial charge on any atom is 0.803 e. The van der Waals surface area contributed by atoms with E-state index in [-0.39, 0.29) is 0 Å². The first-order valence-corrected chi connectivity index (χ1v) is 23.9. The lowest BCUT2D eigenvalue weighted by Crippen LogP contribution is -2.30. The van der Waals surface area contributed by atoms with Gasteiger partial charge in [0.25, 0.3) is 0 Å². The van der Waals surface area contributed by atoms with Crippen LogP contribution in [0.15, 0.2) is 22.2 Å². The summed E-state index contributed by atoms with van der Waals surface area (Å²) >= 11 is 0. The average Bonchev–Trinajstić information content (AvgIpc) is 2.20. The van der Waals surface area contributed by atoms with Crippen molar-refractivity contribution >= 4 is 40.6 Å². The van der Waals surface area contributed by atoms with Gasteiger partial charge in [0.05, 0.1) is 16.1 Å². The normalized spacial score (nSPS) is 16.1. The molecule has 0 amide bonds. The summed E-state index contributed by atoms with van der Waals surface area (Å²) < 4.78 is 24.4. The molecule has 3 nitrogen and oxygen atoms in total. The van der Waals surface area contributed by atoms with E-state index in [9.17, 15) is 4.57 Å². The van der Waals surface area contributed by atoms with Crippen molar-refractivity contribution in [2.45, 2.75) is 78.6 Å². The molecule has 0 aromatic carbocycles. The summed E-state index contributed by atoms with van der Waals surface area (Å²) in [5, 5.41) is 1.84. The Labute approximate surface area is 154 Å². The fourth-order valence-electron chi connectivity index (χ4n) is 1.73. The second-order valence-corrected chi connectivity index (χ2v) is 31.5. The molecule has 0 fully saturated rings.